The molecule has 0 saturated carbocycles. The summed E-state index contributed by atoms with van der Waals surface area (Å²) in [7, 11) is 0. The van der Waals surface area contributed by atoms with Crippen LogP contribution in [0.4, 0.5) is 11.4 Å². The Morgan fingerprint density at radius 3 is 2.60 bits per heavy atom. The third-order valence-electron chi connectivity index (χ3n) is 5.61. The molecule has 1 aliphatic heterocycles. The minimum absolute atomic E-state index is 0.141. The van der Waals surface area contributed by atoms with Crippen LogP contribution < -0.4 is 15.8 Å². The summed E-state index contributed by atoms with van der Waals surface area (Å²) in [4.78, 5) is 27.9. The predicted octanol–water partition coefficient (Wildman–Crippen LogP) is 4.30. The summed E-state index contributed by atoms with van der Waals surface area (Å²) < 4.78 is 1.57. The molecule has 2 heterocycles. The average molecular weight is 402 g/mol. The van der Waals surface area contributed by atoms with Gasteiger partial charge in [0.15, 0.2) is 0 Å². The maximum atomic E-state index is 12.8. The molecule has 0 aliphatic carbocycles. The maximum absolute atomic E-state index is 12.8. The molecule has 1 aliphatic rings. The second kappa shape index (κ2) is 8.57. The standard InChI is InChI=1S/C25H27N3O2/c1-18-5-3-6-20(15-18)17-28-13-4-7-23(25(28)30)24(29)26-21-8-10-22(11-9-21)27-14-12-19(2)16-27/h3-11,13,15,19H,12,14,16-17H2,1-2H3,(H,26,29). The van der Waals surface area contributed by atoms with E-state index in [4.69, 9.17) is 0 Å². The van der Waals surface area contributed by atoms with Crippen LogP contribution in [0.2, 0.25) is 0 Å². The second-order valence-electron chi connectivity index (χ2n) is 8.18. The molecule has 1 atom stereocenters. The van der Waals surface area contributed by atoms with Crippen molar-refractivity contribution in [1.82, 2.24) is 4.57 Å². The SMILES string of the molecule is Cc1cccc(Cn2cccc(C(=O)Nc3ccc(N4CCC(C)C4)cc3)c2=O)c1. The van der Waals surface area contributed by atoms with Crippen molar-refractivity contribution >= 4 is 17.3 Å². The molecule has 1 aromatic heterocycles. The van der Waals surface area contributed by atoms with Crippen LogP contribution >= 0.6 is 0 Å². The second-order valence-corrected chi connectivity index (χ2v) is 8.18. The van der Waals surface area contributed by atoms with Crippen LogP contribution in [-0.2, 0) is 6.54 Å². The Labute approximate surface area is 177 Å². The summed E-state index contributed by atoms with van der Waals surface area (Å²) >= 11 is 0. The van der Waals surface area contributed by atoms with Gasteiger partial charge in [0.1, 0.15) is 5.56 Å². The number of pyridine rings is 1. The van der Waals surface area contributed by atoms with E-state index in [1.807, 2.05) is 55.5 Å². The van der Waals surface area contributed by atoms with Crippen molar-refractivity contribution in [1.29, 1.82) is 0 Å². The number of aromatic nitrogens is 1. The highest BCUT2D eigenvalue weighted by molar-refractivity contribution is 6.04. The number of amides is 1. The highest BCUT2D eigenvalue weighted by Gasteiger charge is 2.19. The van der Waals surface area contributed by atoms with Gasteiger partial charge in [0.25, 0.3) is 11.5 Å². The van der Waals surface area contributed by atoms with E-state index >= 15 is 0 Å². The first kappa shape index (κ1) is 20.0. The summed E-state index contributed by atoms with van der Waals surface area (Å²) in [5.74, 6) is 0.325. The molecule has 1 amide bonds. The van der Waals surface area contributed by atoms with Crippen LogP contribution in [0.1, 0.15) is 34.8 Å². The number of aryl methyl sites for hydroxylation is 1. The Kier molecular flexibility index (Phi) is 5.70. The van der Waals surface area contributed by atoms with E-state index in [0.717, 1.165) is 29.9 Å². The Balaban J connectivity index is 1.47. The van der Waals surface area contributed by atoms with Gasteiger partial charge >= 0.3 is 0 Å². The molecule has 154 valence electrons. The molecule has 1 saturated heterocycles. The first-order chi connectivity index (χ1) is 14.5. The molecular formula is C25H27N3O2. The van der Waals surface area contributed by atoms with Crippen molar-refractivity contribution in [2.45, 2.75) is 26.8 Å². The van der Waals surface area contributed by atoms with Crippen LogP contribution in [0.25, 0.3) is 0 Å². The van der Waals surface area contributed by atoms with Gasteiger partial charge in [0.2, 0.25) is 0 Å². The molecule has 1 N–H and O–H groups in total. The fourth-order valence-electron chi connectivity index (χ4n) is 3.96. The number of nitrogens with zero attached hydrogens (tertiary/aromatic N) is 2. The van der Waals surface area contributed by atoms with Gasteiger partial charge < -0.3 is 14.8 Å². The van der Waals surface area contributed by atoms with E-state index < -0.39 is 0 Å². The quantitative estimate of drug-likeness (QED) is 0.693. The van der Waals surface area contributed by atoms with Crippen molar-refractivity contribution in [2.75, 3.05) is 23.3 Å². The zero-order valence-corrected chi connectivity index (χ0v) is 17.5. The number of anilines is 2. The van der Waals surface area contributed by atoms with Gasteiger partial charge in [-0.3, -0.25) is 9.59 Å². The van der Waals surface area contributed by atoms with Crippen molar-refractivity contribution < 1.29 is 4.79 Å². The van der Waals surface area contributed by atoms with Gasteiger partial charge in [-0.1, -0.05) is 36.8 Å². The van der Waals surface area contributed by atoms with Gasteiger partial charge in [-0.2, -0.15) is 0 Å². The zero-order chi connectivity index (χ0) is 21.1. The third kappa shape index (κ3) is 4.46. The summed E-state index contributed by atoms with van der Waals surface area (Å²) in [5.41, 5.74) is 3.87. The fraction of sp³-hybridized carbons (Fsp3) is 0.280. The van der Waals surface area contributed by atoms with Crippen molar-refractivity contribution in [3.8, 4) is 0 Å². The summed E-state index contributed by atoms with van der Waals surface area (Å²) in [6, 6.07) is 19.2. The van der Waals surface area contributed by atoms with Crippen molar-refractivity contribution in [3.63, 3.8) is 0 Å². The number of carbonyl (C=O) groups is 1. The van der Waals surface area contributed by atoms with E-state index in [1.54, 1.807) is 22.9 Å². The third-order valence-corrected chi connectivity index (χ3v) is 5.61. The molecule has 0 spiro atoms. The van der Waals surface area contributed by atoms with Gasteiger partial charge in [-0.15, -0.1) is 0 Å². The van der Waals surface area contributed by atoms with Crippen molar-refractivity contribution in [2.24, 2.45) is 5.92 Å². The van der Waals surface area contributed by atoms with E-state index in [9.17, 15) is 9.59 Å². The van der Waals surface area contributed by atoms with Crippen LogP contribution in [0.5, 0.6) is 0 Å². The number of rotatable bonds is 5. The Morgan fingerprint density at radius 1 is 1.10 bits per heavy atom. The Morgan fingerprint density at radius 2 is 1.90 bits per heavy atom. The molecule has 1 fully saturated rings. The summed E-state index contributed by atoms with van der Waals surface area (Å²) in [5, 5.41) is 2.86. The monoisotopic (exact) mass is 401 g/mol. The lowest BCUT2D eigenvalue weighted by atomic mass is 10.1. The number of benzene rings is 2. The largest absolute Gasteiger partial charge is 0.371 e. The van der Waals surface area contributed by atoms with E-state index in [2.05, 4.69) is 17.1 Å². The molecular weight excluding hydrogens is 374 g/mol. The van der Waals surface area contributed by atoms with E-state index in [-0.39, 0.29) is 17.0 Å². The highest BCUT2D eigenvalue weighted by Crippen LogP contribution is 2.24. The number of carbonyl (C=O) groups excluding carboxylic acids is 1. The summed E-state index contributed by atoms with van der Waals surface area (Å²) in [6.45, 7) is 6.85. The van der Waals surface area contributed by atoms with E-state index in [0.29, 0.717) is 18.2 Å². The van der Waals surface area contributed by atoms with Crippen molar-refractivity contribution in [3.05, 3.63) is 93.9 Å². The molecule has 30 heavy (non-hydrogen) atoms. The van der Waals surface area contributed by atoms with Gasteiger partial charge in [-0.25, -0.2) is 0 Å². The molecule has 5 heteroatoms. The minimum Gasteiger partial charge on any atom is -0.371 e. The number of hydrogen-bond donors (Lipinski definition) is 1. The Hall–Kier alpha value is -3.34. The highest BCUT2D eigenvalue weighted by atomic mass is 16.2. The average Bonchev–Trinajstić information content (AvgIpc) is 3.16. The lowest BCUT2D eigenvalue weighted by molar-refractivity contribution is 0.102. The number of nitrogens with one attached hydrogen (secondary N) is 1. The van der Waals surface area contributed by atoms with Crippen LogP contribution in [0, 0.1) is 12.8 Å². The molecule has 4 rings (SSSR count). The number of hydrogen-bond acceptors (Lipinski definition) is 3. The Bertz CT molecular complexity index is 1100. The van der Waals surface area contributed by atoms with Gasteiger partial charge in [-0.05, 0) is 61.2 Å². The topological polar surface area (TPSA) is 54.3 Å². The van der Waals surface area contributed by atoms with Crippen LogP contribution in [0.15, 0.2) is 71.7 Å². The fourth-order valence-corrected chi connectivity index (χ4v) is 3.96. The van der Waals surface area contributed by atoms with Crippen LogP contribution in [0.3, 0.4) is 0 Å². The van der Waals surface area contributed by atoms with Crippen LogP contribution in [-0.4, -0.2) is 23.6 Å². The lowest BCUT2D eigenvalue weighted by Gasteiger charge is -2.18. The minimum atomic E-state index is -0.388. The smallest absolute Gasteiger partial charge is 0.263 e. The zero-order valence-electron chi connectivity index (χ0n) is 17.5. The maximum Gasteiger partial charge on any atom is 0.263 e. The lowest BCUT2D eigenvalue weighted by Crippen LogP contribution is -2.29. The molecule has 0 radical (unpaired) electrons. The van der Waals surface area contributed by atoms with Gasteiger partial charge in [0.05, 0.1) is 6.54 Å². The molecule has 3 aromatic rings. The first-order valence-electron chi connectivity index (χ1n) is 10.4. The molecule has 0 bridgehead atoms. The molecule has 5 nitrogen and oxygen atoms in total. The predicted molar refractivity (Wildman–Crippen MR) is 121 cm³/mol. The normalized spacial score (nSPS) is 15.9. The first-order valence-corrected chi connectivity index (χ1v) is 10.4. The van der Waals surface area contributed by atoms with E-state index in [1.165, 1.54) is 6.42 Å². The van der Waals surface area contributed by atoms with Gasteiger partial charge in [0, 0.05) is 30.7 Å². The molecule has 1 unspecified atom stereocenters. The molecule has 2 aromatic carbocycles. The summed E-state index contributed by atoms with van der Waals surface area (Å²) in [6.07, 6.45) is 2.93.